The zero-order valence-corrected chi connectivity index (χ0v) is 23.8. The molecule has 2 amide bonds. The summed E-state index contributed by atoms with van der Waals surface area (Å²) in [4.78, 5) is 37.5. The molecule has 12 nitrogen and oxygen atoms in total. The van der Waals surface area contributed by atoms with E-state index in [0.29, 0.717) is 38.8 Å². The van der Waals surface area contributed by atoms with Gasteiger partial charge < -0.3 is 10.1 Å². The Morgan fingerprint density at radius 2 is 1.93 bits per heavy atom. The van der Waals surface area contributed by atoms with E-state index in [1.54, 1.807) is 66.7 Å². The Bertz CT molecular complexity index is 1880. The third-order valence-corrected chi connectivity index (χ3v) is 6.69. The van der Waals surface area contributed by atoms with Crippen molar-refractivity contribution in [2.24, 2.45) is 0 Å². The molecule has 3 aromatic carbocycles. The molecule has 1 unspecified atom stereocenters. The molecule has 5 rings (SSSR count). The van der Waals surface area contributed by atoms with Crippen molar-refractivity contribution < 1.29 is 18.7 Å². The molecule has 3 N–H and O–H groups in total. The molecule has 0 aliphatic rings. The second-order valence-electron chi connectivity index (χ2n) is 9.42. The van der Waals surface area contributed by atoms with E-state index in [2.05, 4.69) is 41.1 Å². The van der Waals surface area contributed by atoms with Crippen LogP contribution in [-0.4, -0.2) is 49.5 Å². The summed E-state index contributed by atoms with van der Waals surface area (Å²) in [6.45, 7) is 0. The van der Waals surface area contributed by atoms with Crippen molar-refractivity contribution in [1.82, 2.24) is 35.7 Å². The number of H-pyrrole nitrogens is 1. The monoisotopic (exact) mass is 614 g/mol. The maximum atomic E-state index is 14.0. The van der Waals surface area contributed by atoms with Gasteiger partial charge in [-0.25, -0.2) is 14.3 Å². The first-order valence-corrected chi connectivity index (χ1v) is 13.5. The fourth-order valence-electron chi connectivity index (χ4n) is 4.37. The molecule has 0 saturated carbocycles. The van der Waals surface area contributed by atoms with E-state index in [1.807, 2.05) is 0 Å². The van der Waals surface area contributed by atoms with Gasteiger partial charge in [0.1, 0.15) is 12.1 Å². The Balaban J connectivity index is 1.44. The number of methoxy groups -OCH3 is 1. The molecule has 0 saturated heterocycles. The minimum absolute atomic E-state index is 0.171. The average molecular weight is 615 g/mol. The largest absolute Gasteiger partial charge is 0.453 e. The number of halogens is 2. The quantitative estimate of drug-likeness (QED) is 0.205. The van der Waals surface area contributed by atoms with Crippen LogP contribution >= 0.6 is 11.6 Å². The number of hydrogen-bond acceptors (Lipinski definition) is 8. The highest BCUT2D eigenvalue weighted by atomic mass is 35.5. The van der Waals surface area contributed by atoms with Gasteiger partial charge in [0, 0.05) is 22.3 Å². The Hall–Kier alpha value is -5.69. The van der Waals surface area contributed by atoms with E-state index < -0.39 is 29.4 Å². The zero-order chi connectivity index (χ0) is 31.1. The predicted octanol–water partition coefficient (Wildman–Crippen LogP) is 4.50. The van der Waals surface area contributed by atoms with Crippen molar-refractivity contribution >= 4 is 35.4 Å². The third-order valence-electron chi connectivity index (χ3n) is 6.45. The maximum Gasteiger partial charge on any atom is 0.411 e. The molecule has 5 aromatic rings. The van der Waals surface area contributed by atoms with Crippen molar-refractivity contribution in [3.05, 3.63) is 123 Å². The number of aromatic amines is 1. The van der Waals surface area contributed by atoms with Crippen LogP contribution in [0, 0.1) is 5.82 Å². The molecule has 0 spiro atoms. The molecule has 0 fully saturated rings. The van der Waals surface area contributed by atoms with Crippen molar-refractivity contribution in [2.45, 2.75) is 12.5 Å². The van der Waals surface area contributed by atoms with Crippen molar-refractivity contribution in [3.8, 4) is 16.8 Å². The Kier molecular flexibility index (Phi) is 9.16. The molecule has 2 heterocycles. The number of anilines is 1. The first kappa shape index (κ1) is 29.8. The SMILES string of the molecule is COC(=O)Nc1ccc(-c2cc(C(Cc3cccc(F)c3)NC(=O)C=Cc3cc(Cl)ccc3-n3cnnn3)n[nH]c2=O)cc1. The highest BCUT2D eigenvalue weighted by Gasteiger charge is 2.19. The lowest BCUT2D eigenvalue weighted by Crippen LogP contribution is -2.30. The van der Waals surface area contributed by atoms with Crippen LogP contribution in [0.2, 0.25) is 5.02 Å². The lowest BCUT2D eigenvalue weighted by Gasteiger charge is -2.18. The zero-order valence-electron chi connectivity index (χ0n) is 23.1. The molecular weight excluding hydrogens is 591 g/mol. The number of ether oxygens (including phenoxy) is 1. The molecule has 0 bridgehead atoms. The number of carbonyl (C=O) groups excluding carboxylic acids is 2. The van der Waals surface area contributed by atoms with Crippen LogP contribution in [0.15, 0.2) is 90.0 Å². The third kappa shape index (κ3) is 7.38. The van der Waals surface area contributed by atoms with E-state index in [4.69, 9.17) is 11.6 Å². The van der Waals surface area contributed by atoms with Crippen LogP contribution in [0.25, 0.3) is 22.9 Å². The van der Waals surface area contributed by atoms with Gasteiger partial charge in [-0.15, -0.1) is 5.10 Å². The molecule has 0 aliphatic heterocycles. The van der Waals surface area contributed by atoms with Gasteiger partial charge in [-0.05, 0) is 82.6 Å². The van der Waals surface area contributed by atoms with Gasteiger partial charge in [-0.3, -0.25) is 14.9 Å². The summed E-state index contributed by atoms with van der Waals surface area (Å²) in [6.07, 6.45) is 3.84. The molecule has 14 heteroatoms. The molecule has 222 valence electrons. The van der Waals surface area contributed by atoms with Gasteiger partial charge in [0.05, 0.1) is 30.1 Å². The normalized spacial score (nSPS) is 11.7. The standard InChI is InChI=1S/C30H24ClFN8O4/c1-44-30(43)34-23-9-5-19(6-10-23)24-16-26(36-37-29(24)42)25(14-18-3-2-4-22(32)13-18)35-28(41)12-7-20-15-21(31)8-11-27(20)40-17-33-38-39-40/h2-13,15-17,25H,14H2,1H3,(H,34,43)(H,35,41)(H,37,42). The van der Waals surface area contributed by atoms with E-state index in [0.717, 1.165) is 0 Å². The van der Waals surface area contributed by atoms with Crippen LogP contribution in [0.1, 0.15) is 22.9 Å². The molecular formula is C30H24ClFN8O4. The first-order chi connectivity index (χ1) is 21.3. The van der Waals surface area contributed by atoms with E-state index in [1.165, 1.54) is 36.3 Å². The lowest BCUT2D eigenvalue weighted by atomic mass is 10.00. The number of hydrogen-bond donors (Lipinski definition) is 3. The highest BCUT2D eigenvalue weighted by Crippen LogP contribution is 2.24. The second kappa shape index (κ2) is 13.5. The Morgan fingerprint density at radius 1 is 1.11 bits per heavy atom. The summed E-state index contributed by atoms with van der Waals surface area (Å²) in [5, 5.41) is 23.8. The number of nitrogens with zero attached hydrogens (tertiary/aromatic N) is 5. The summed E-state index contributed by atoms with van der Waals surface area (Å²) in [5.41, 5.74) is 2.93. The first-order valence-electron chi connectivity index (χ1n) is 13.1. The second-order valence-corrected chi connectivity index (χ2v) is 9.85. The summed E-state index contributed by atoms with van der Waals surface area (Å²) in [6, 6.07) is 18.3. The van der Waals surface area contributed by atoms with Crippen LogP contribution in [-0.2, 0) is 16.0 Å². The van der Waals surface area contributed by atoms with Crippen molar-refractivity contribution in [1.29, 1.82) is 0 Å². The van der Waals surface area contributed by atoms with Gasteiger partial charge in [-0.1, -0.05) is 35.9 Å². The van der Waals surface area contributed by atoms with Gasteiger partial charge in [-0.2, -0.15) is 9.78 Å². The smallest absolute Gasteiger partial charge is 0.411 e. The predicted molar refractivity (Wildman–Crippen MR) is 161 cm³/mol. The molecule has 0 aliphatic carbocycles. The van der Waals surface area contributed by atoms with Crippen LogP contribution in [0.4, 0.5) is 14.9 Å². The summed E-state index contributed by atoms with van der Waals surface area (Å²) < 4.78 is 20.1. The van der Waals surface area contributed by atoms with Gasteiger partial charge in [0.25, 0.3) is 5.56 Å². The summed E-state index contributed by atoms with van der Waals surface area (Å²) in [5.74, 6) is -0.916. The van der Waals surface area contributed by atoms with Gasteiger partial charge in [0.15, 0.2) is 0 Å². The van der Waals surface area contributed by atoms with Gasteiger partial charge in [0.2, 0.25) is 5.91 Å². The minimum Gasteiger partial charge on any atom is -0.453 e. The van der Waals surface area contributed by atoms with Crippen molar-refractivity contribution in [3.63, 3.8) is 0 Å². The maximum absolute atomic E-state index is 14.0. The number of aromatic nitrogens is 6. The van der Waals surface area contributed by atoms with Crippen LogP contribution in [0.3, 0.4) is 0 Å². The number of nitrogens with one attached hydrogen (secondary N) is 3. The number of rotatable bonds is 9. The number of benzene rings is 3. The Morgan fingerprint density at radius 3 is 2.66 bits per heavy atom. The fourth-order valence-corrected chi connectivity index (χ4v) is 4.55. The summed E-state index contributed by atoms with van der Waals surface area (Å²) in [7, 11) is 1.25. The van der Waals surface area contributed by atoms with Crippen molar-refractivity contribution in [2.75, 3.05) is 12.4 Å². The van der Waals surface area contributed by atoms with Crippen LogP contribution in [0.5, 0.6) is 0 Å². The summed E-state index contributed by atoms with van der Waals surface area (Å²) >= 11 is 6.19. The number of amides is 2. The molecule has 1 atom stereocenters. The van der Waals surface area contributed by atoms with E-state index in [-0.39, 0.29) is 12.0 Å². The van der Waals surface area contributed by atoms with E-state index >= 15 is 0 Å². The highest BCUT2D eigenvalue weighted by molar-refractivity contribution is 6.30. The molecule has 2 aromatic heterocycles. The van der Waals surface area contributed by atoms with E-state index in [9.17, 15) is 18.8 Å². The average Bonchev–Trinajstić information content (AvgIpc) is 3.55. The Labute approximate surface area is 254 Å². The minimum atomic E-state index is -0.761. The molecule has 44 heavy (non-hydrogen) atoms. The van der Waals surface area contributed by atoms with Crippen LogP contribution < -0.4 is 16.2 Å². The molecule has 0 radical (unpaired) electrons. The lowest BCUT2D eigenvalue weighted by molar-refractivity contribution is -0.117. The van der Waals surface area contributed by atoms with Gasteiger partial charge >= 0.3 is 6.09 Å². The topological polar surface area (TPSA) is 157 Å². The number of carbonyl (C=O) groups is 2. The number of tetrazole rings is 1. The fraction of sp³-hybridized carbons (Fsp3) is 0.100.